The highest BCUT2D eigenvalue weighted by atomic mass is 16.2. The fourth-order valence-electron chi connectivity index (χ4n) is 2.19. The highest BCUT2D eigenvalue weighted by Gasteiger charge is 2.19. The fraction of sp³-hybridized carbons (Fsp3) is 0.500. The van der Waals surface area contributed by atoms with Crippen LogP contribution in [0.4, 0.5) is 5.69 Å². The topological polar surface area (TPSA) is 58.4 Å². The zero-order valence-corrected chi connectivity index (χ0v) is 11.7. The SMILES string of the molecule is CCC(CC)N(C)C(=O)c1ccc(NN)cc1C. The van der Waals surface area contributed by atoms with Crippen molar-refractivity contribution in [3.8, 4) is 0 Å². The number of benzene rings is 1. The van der Waals surface area contributed by atoms with Crippen LogP contribution in [0.25, 0.3) is 0 Å². The summed E-state index contributed by atoms with van der Waals surface area (Å²) < 4.78 is 0. The molecular formula is C14H23N3O. The third-order valence-corrected chi connectivity index (χ3v) is 3.43. The molecule has 0 fully saturated rings. The molecule has 0 heterocycles. The van der Waals surface area contributed by atoms with Crippen LogP contribution in [-0.4, -0.2) is 23.9 Å². The second kappa shape index (κ2) is 6.40. The van der Waals surface area contributed by atoms with Gasteiger partial charge in [-0.3, -0.25) is 10.6 Å². The monoisotopic (exact) mass is 249 g/mol. The Kier molecular flexibility index (Phi) is 5.16. The van der Waals surface area contributed by atoms with Crippen molar-refractivity contribution in [3.05, 3.63) is 29.3 Å². The van der Waals surface area contributed by atoms with E-state index >= 15 is 0 Å². The van der Waals surface area contributed by atoms with Gasteiger partial charge in [-0.2, -0.15) is 0 Å². The Hall–Kier alpha value is -1.55. The van der Waals surface area contributed by atoms with Gasteiger partial charge in [-0.25, -0.2) is 0 Å². The highest BCUT2D eigenvalue weighted by Crippen LogP contribution is 2.18. The van der Waals surface area contributed by atoms with E-state index in [-0.39, 0.29) is 5.91 Å². The average molecular weight is 249 g/mol. The van der Waals surface area contributed by atoms with Crippen molar-refractivity contribution in [1.29, 1.82) is 0 Å². The van der Waals surface area contributed by atoms with Gasteiger partial charge >= 0.3 is 0 Å². The minimum Gasteiger partial charge on any atom is -0.339 e. The zero-order chi connectivity index (χ0) is 13.7. The first kappa shape index (κ1) is 14.5. The molecule has 1 amide bonds. The van der Waals surface area contributed by atoms with E-state index in [2.05, 4.69) is 19.3 Å². The number of nitrogen functional groups attached to an aromatic ring is 1. The van der Waals surface area contributed by atoms with Crippen LogP contribution in [0.15, 0.2) is 18.2 Å². The van der Waals surface area contributed by atoms with Gasteiger partial charge in [0.05, 0.1) is 0 Å². The van der Waals surface area contributed by atoms with Crippen LogP contribution in [0.1, 0.15) is 42.6 Å². The van der Waals surface area contributed by atoms with Crippen LogP contribution in [0.2, 0.25) is 0 Å². The summed E-state index contributed by atoms with van der Waals surface area (Å²) >= 11 is 0. The van der Waals surface area contributed by atoms with E-state index in [1.54, 1.807) is 0 Å². The van der Waals surface area contributed by atoms with Crippen LogP contribution in [0, 0.1) is 6.92 Å². The van der Waals surface area contributed by atoms with Gasteiger partial charge in [0.15, 0.2) is 0 Å². The number of rotatable bonds is 5. The molecule has 0 unspecified atom stereocenters. The molecule has 0 aliphatic heterocycles. The Morgan fingerprint density at radius 1 is 1.39 bits per heavy atom. The molecule has 0 saturated heterocycles. The van der Waals surface area contributed by atoms with Gasteiger partial charge in [0, 0.05) is 24.3 Å². The maximum atomic E-state index is 12.4. The number of amides is 1. The summed E-state index contributed by atoms with van der Waals surface area (Å²) in [5.41, 5.74) is 5.07. The molecule has 0 radical (unpaired) electrons. The molecule has 4 heteroatoms. The van der Waals surface area contributed by atoms with Crippen molar-refractivity contribution >= 4 is 11.6 Å². The molecule has 3 N–H and O–H groups in total. The molecule has 0 aromatic heterocycles. The number of aryl methyl sites for hydroxylation is 1. The van der Waals surface area contributed by atoms with Gasteiger partial charge in [-0.1, -0.05) is 13.8 Å². The van der Waals surface area contributed by atoms with Gasteiger partial charge in [0.25, 0.3) is 5.91 Å². The summed E-state index contributed by atoms with van der Waals surface area (Å²) in [5.74, 6) is 5.42. The Bertz CT molecular complexity index is 414. The summed E-state index contributed by atoms with van der Waals surface area (Å²) in [6, 6.07) is 5.82. The Labute approximate surface area is 109 Å². The molecule has 1 rings (SSSR count). The molecule has 1 aromatic carbocycles. The van der Waals surface area contributed by atoms with Gasteiger partial charge in [0.2, 0.25) is 0 Å². The van der Waals surface area contributed by atoms with E-state index in [4.69, 9.17) is 5.84 Å². The van der Waals surface area contributed by atoms with E-state index in [0.717, 1.165) is 29.7 Å². The molecule has 100 valence electrons. The second-order valence-corrected chi connectivity index (χ2v) is 4.56. The normalized spacial score (nSPS) is 10.6. The molecule has 4 nitrogen and oxygen atoms in total. The lowest BCUT2D eigenvalue weighted by Crippen LogP contribution is -2.36. The number of hydrogen-bond donors (Lipinski definition) is 2. The van der Waals surface area contributed by atoms with E-state index in [0.29, 0.717) is 6.04 Å². The summed E-state index contributed by atoms with van der Waals surface area (Å²) in [5, 5.41) is 0. The third kappa shape index (κ3) is 3.01. The van der Waals surface area contributed by atoms with Crippen LogP contribution in [-0.2, 0) is 0 Å². The minimum atomic E-state index is 0.0739. The number of anilines is 1. The molecule has 0 aliphatic rings. The molecule has 0 saturated carbocycles. The van der Waals surface area contributed by atoms with Crippen molar-refractivity contribution in [2.45, 2.75) is 39.7 Å². The predicted molar refractivity (Wildman–Crippen MR) is 75.5 cm³/mol. The Morgan fingerprint density at radius 2 is 2.00 bits per heavy atom. The van der Waals surface area contributed by atoms with Gasteiger partial charge in [-0.05, 0) is 43.5 Å². The van der Waals surface area contributed by atoms with Crippen LogP contribution < -0.4 is 11.3 Å². The standard InChI is InChI=1S/C14H23N3O/c1-5-12(6-2)17(4)14(18)13-8-7-11(16-15)9-10(13)3/h7-9,12,16H,5-6,15H2,1-4H3. The summed E-state index contributed by atoms with van der Waals surface area (Å²) in [7, 11) is 1.87. The van der Waals surface area contributed by atoms with E-state index in [1.165, 1.54) is 0 Å². The summed E-state index contributed by atoms with van der Waals surface area (Å²) in [6.07, 6.45) is 1.94. The molecule has 1 aromatic rings. The molecule has 0 aliphatic carbocycles. The van der Waals surface area contributed by atoms with E-state index in [1.807, 2.05) is 37.1 Å². The van der Waals surface area contributed by atoms with Crippen LogP contribution in [0.5, 0.6) is 0 Å². The molecule has 18 heavy (non-hydrogen) atoms. The van der Waals surface area contributed by atoms with Crippen LogP contribution >= 0.6 is 0 Å². The molecule has 0 atom stereocenters. The first-order chi connectivity index (χ1) is 8.54. The van der Waals surface area contributed by atoms with Crippen molar-refractivity contribution in [2.24, 2.45) is 5.84 Å². The number of hydrogen-bond acceptors (Lipinski definition) is 3. The van der Waals surface area contributed by atoms with Crippen LogP contribution in [0.3, 0.4) is 0 Å². The zero-order valence-electron chi connectivity index (χ0n) is 11.7. The van der Waals surface area contributed by atoms with Crippen molar-refractivity contribution in [1.82, 2.24) is 4.90 Å². The Balaban J connectivity index is 2.96. The molecule has 0 spiro atoms. The first-order valence-electron chi connectivity index (χ1n) is 6.39. The second-order valence-electron chi connectivity index (χ2n) is 4.56. The van der Waals surface area contributed by atoms with Gasteiger partial charge < -0.3 is 10.3 Å². The number of hydrazine groups is 1. The lowest BCUT2D eigenvalue weighted by Gasteiger charge is -2.27. The molecular weight excluding hydrogens is 226 g/mol. The van der Waals surface area contributed by atoms with E-state index in [9.17, 15) is 4.79 Å². The number of carbonyl (C=O) groups is 1. The highest BCUT2D eigenvalue weighted by molar-refractivity contribution is 5.96. The minimum absolute atomic E-state index is 0.0739. The van der Waals surface area contributed by atoms with Crippen molar-refractivity contribution in [3.63, 3.8) is 0 Å². The summed E-state index contributed by atoms with van der Waals surface area (Å²) in [6.45, 7) is 6.13. The van der Waals surface area contributed by atoms with Gasteiger partial charge in [-0.15, -0.1) is 0 Å². The number of nitrogens with one attached hydrogen (secondary N) is 1. The largest absolute Gasteiger partial charge is 0.339 e. The summed E-state index contributed by atoms with van der Waals surface area (Å²) in [4.78, 5) is 14.2. The van der Waals surface area contributed by atoms with Crippen molar-refractivity contribution in [2.75, 3.05) is 12.5 Å². The maximum Gasteiger partial charge on any atom is 0.254 e. The quantitative estimate of drug-likeness (QED) is 0.623. The first-order valence-corrected chi connectivity index (χ1v) is 6.39. The van der Waals surface area contributed by atoms with E-state index < -0.39 is 0 Å². The number of nitrogens with two attached hydrogens (primary N) is 1. The lowest BCUT2D eigenvalue weighted by molar-refractivity contribution is 0.0723. The predicted octanol–water partition coefficient (Wildman–Crippen LogP) is 2.54. The maximum absolute atomic E-state index is 12.4. The molecule has 0 bridgehead atoms. The number of nitrogens with zero attached hydrogens (tertiary/aromatic N) is 1. The fourth-order valence-corrected chi connectivity index (χ4v) is 2.19. The van der Waals surface area contributed by atoms with Gasteiger partial charge in [0.1, 0.15) is 0 Å². The Morgan fingerprint density at radius 3 is 2.44 bits per heavy atom. The average Bonchev–Trinajstić information content (AvgIpc) is 2.39. The lowest BCUT2D eigenvalue weighted by atomic mass is 10.0. The smallest absolute Gasteiger partial charge is 0.254 e. The number of carbonyl (C=O) groups excluding carboxylic acids is 1. The van der Waals surface area contributed by atoms with Crippen molar-refractivity contribution < 1.29 is 4.79 Å². The third-order valence-electron chi connectivity index (χ3n) is 3.43.